The molecule has 3 nitrogen and oxygen atoms in total. The highest BCUT2D eigenvalue weighted by molar-refractivity contribution is 5.45. The van der Waals surface area contributed by atoms with Crippen molar-refractivity contribution in [3.8, 4) is 0 Å². The summed E-state index contributed by atoms with van der Waals surface area (Å²) in [6.45, 7) is 14.4. The van der Waals surface area contributed by atoms with Crippen LogP contribution >= 0.6 is 0 Å². The first-order chi connectivity index (χ1) is 9.33. The average Bonchev–Trinajstić information content (AvgIpc) is 2.52. The van der Waals surface area contributed by atoms with E-state index in [1.807, 2.05) is 6.07 Å². The molecule has 2 bridgehead atoms. The van der Waals surface area contributed by atoms with Crippen molar-refractivity contribution in [3.05, 3.63) is 30.3 Å². The average molecular weight is 261 g/mol. The van der Waals surface area contributed by atoms with Crippen molar-refractivity contribution in [2.75, 3.05) is 57.3 Å². The van der Waals surface area contributed by atoms with Gasteiger partial charge in [0.1, 0.15) is 0 Å². The maximum absolute atomic E-state index is 2.54. The summed E-state index contributed by atoms with van der Waals surface area (Å²) in [7, 11) is 0. The largest absolute Gasteiger partial charge is 0.372 e. The Morgan fingerprint density at radius 2 is 1.21 bits per heavy atom. The van der Waals surface area contributed by atoms with Crippen LogP contribution in [0, 0.1) is 0 Å². The van der Waals surface area contributed by atoms with E-state index in [9.17, 15) is 0 Å². The molecule has 3 aliphatic heterocycles. The van der Waals surface area contributed by atoms with Crippen LogP contribution in [0.1, 0.15) is 13.8 Å². The van der Waals surface area contributed by atoms with E-state index in [1.165, 1.54) is 45.0 Å². The lowest BCUT2D eigenvalue weighted by molar-refractivity contribution is 0.0647. The van der Waals surface area contributed by atoms with Crippen LogP contribution in [0.25, 0.3) is 0 Å². The van der Waals surface area contributed by atoms with E-state index in [4.69, 9.17) is 0 Å². The second kappa shape index (κ2) is 7.51. The number of hydrogen-bond acceptors (Lipinski definition) is 3. The Morgan fingerprint density at radius 1 is 0.789 bits per heavy atom. The first-order valence-corrected chi connectivity index (χ1v) is 7.58. The van der Waals surface area contributed by atoms with E-state index in [1.54, 1.807) is 0 Å². The molecular formula is C16H27N3. The first kappa shape index (κ1) is 14.4. The minimum Gasteiger partial charge on any atom is -0.372 e. The molecule has 0 unspecified atom stereocenters. The smallest absolute Gasteiger partial charge is 0.0365 e. The van der Waals surface area contributed by atoms with Crippen LogP contribution in [0.2, 0.25) is 0 Å². The zero-order chi connectivity index (χ0) is 13.5. The molecule has 1 aromatic rings. The Morgan fingerprint density at radius 3 is 1.53 bits per heavy atom. The van der Waals surface area contributed by atoms with Crippen LogP contribution in [0.5, 0.6) is 0 Å². The number of hydrogen-bond donors (Lipinski definition) is 0. The van der Waals surface area contributed by atoms with Crippen LogP contribution in [0.15, 0.2) is 30.3 Å². The lowest BCUT2D eigenvalue weighted by Gasteiger charge is -2.41. The van der Waals surface area contributed by atoms with E-state index < -0.39 is 0 Å². The van der Waals surface area contributed by atoms with Crippen molar-refractivity contribution in [2.24, 2.45) is 0 Å². The Kier molecular flexibility index (Phi) is 5.67. The van der Waals surface area contributed by atoms with Gasteiger partial charge in [-0.15, -0.1) is 0 Å². The van der Waals surface area contributed by atoms with Gasteiger partial charge < -0.3 is 4.90 Å². The third-order valence-electron chi connectivity index (χ3n) is 4.08. The quantitative estimate of drug-likeness (QED) is 0.825. The van der Waals surface area contributed by atoms with Crippen molar-refractivity contribution in [1.82, 2.24) is 9.80 Å². The third-order valence-corrected chi connectivity index (χ3v) is 4.08. The van der Waals surface area contributed by atoms with Gasteiger partial charge in [0, 0.05) is 58.0 Å². The molecule has 19 heavy (non-hydrogen) atoms. The van der Waals surface area contributed by atoms with Crippen LogP contribution in [-0.2, 0) is 0 Å². The minimum atomic E-state index is 1.08. The van der Waals surface area contributed by atoms with E-state index in [0.29, 0.717) is 0 Å². The van der Waals surface area contributed by atoms with Crippen molar-refractivity contribution >= 4 is 5.69 Å². The molecule has 1 aromatic carbocycles. The van der Waals surface area contributed by atoms with Gasteiger partial charge in [-0.2, -0.15) is 0 Å². The molecule has 0 atom stereocenters. The maximum Gasteiger partial charge on any atom is 0.0365 e. The van der Waals surface area contributed by atoms with E-state index in [-0.39, 0.29) is 0 Å². The molecule has 4 rings (SSSR count). The molecular weight excluding hydrogens is 234 g/mol. The van der Waals surface area contributed by atoms with Gasteiger partial charge >= 0.3 is 0 Å². The zero-order valence-corrected chi connectivity index (χ0v) is 12.4. The molecule has 0 radical (unpaired) electrons. The van der Waals surface area contributed by atoms with Crippen LogP contribution in [-0.4, -0.2) is 62.2 Å². The SMILES string of the molecule is C1CN2CCN1CC2.CCN(CC)c1ccccc1. The third kappa shape index (κ3) is 4.22. The molecule has 106 valence electrons. The molecule has 0 aromatic heterocycles. The number of fused-ring (bicyclic) bond motifs is 3. The summed E-state index contributed by atoms with van der Waals surface area (Å²) in [5.74, 6) is 0. The summed E-state index contributed by atoms with van der Waals surface area (Å²) in [5.41, 5.74) is 1.32. The molecule has 3 saturated heterocycles. The molecule has 0 spiro atoms. The van der Waals surface area contributed by atoms with E-state index in [0.717, 1.165) is 13.1 Å². The number of nitrogens with zero attached hydrogens (tertiary/aromatic N) is 3. The first-order valence-electron chi connectivity index (χ1n) is 7.58. The van der Waals surface area contributed by atoms with Crippen molar-refractivity contribution < 1.29 is 0 Å². The fourth-order valence-corrected chi connectivity index (χ4v) is 2.75. The van der Waals surface area contributed by atoms with Gasteiger partial charge in [-0.3, -0.25) is 9.80 Å². The van der Waals surface area contributed by atoms with Crippen molar-refractivity contribution in [2.45, 2.75) is 13.8 Å². The summed E-state index contributed by atoms with van der Waals surface area (Å²) >= 11 is 0. The summed E-state index contributed by atoms with van der Waals surface area (Å²) in [6.07, 6.45) is 0. The molecule has 0 aliphatic carbocycles. The summed E-state index contributed by atoms with van der Waals surface area (Å²) < 4.78 is 0. The highest BCUT2D eigenvalue weighted by Gasteiger charge is 2.21. The van der Waals surface area contributed by atoms with Crippen LogP contribution in [0.3, 0.4) is 0 Å². The molecule has 3 aliphatic rings. The molecule has 0 saturated carbocycles. The van der Waals surface area contributed by atoms with Gasteiger partial charge in [0.25, 0.3) is 0 Å². The van der Waals surface area contributed by atoms with Crippen LogP contribution < -0.4 is 4.90 Å². The van der Waals surface area contributed by atoms with Crippen LogP contribution in [0.4, 0.5) is 5.69 Å². The normalized spacial score (nSPS) is 24.5. The van der Waals surface area contributed by atoms with Gasteiger partial charge in [0.15, 0.2) is 0 Å². The fraction of sp³-hybridized carbons (Fsp3) is 0.625. The predicted octanol–water partition coefficient (Wildman–Crippen LogP) is 2.15. The molecule has 3 fully saturated rings. The number of benzene rings is 1. The van der Waals surface area contributed by atoms with Gasteiger partial charge in [0.05, 0.1) is 0 Å². The van der Waals surface area contributed by atoms with Gasteiger partial charge in [-0.05, 0) is 26.0 Å². The maximum atomic E-state index is 2.54. The highest BCUT2D eigenvalue weighted by Crippen LogP contribution is 2.11. The summed E-state index contributed by atoms with van der Waals surface area (Å²) in [4.78, 5) is 7.42. The number of para-hydroxylation sites is 1. The second-order valence-electron chi connectivity index (χ2n) is 5.19. The number of rotatable bonds is 3. The van der Waals surface area contributed by atoms with Gasteiger partial charge in [-0.25, -0.2) is 0 Å². The highest BCUT2D eigenvalue weighted by atomic mass is 15.3. The number of anilines is 1. The molecule has 0 N–H and O–H groups in total. The Bertz CT molecular complexity index is 317. The van der Waals surface area contributed by atoms with E-state index >= 15 is 0 Å². The van der Waals surface area contributed by atoms with E-state index in [2.05, 4.69) is 52.8 Å². The molecule has 3 heterocycles. The van der Waals surface area contributed by atoms with Gasteiger partial charge in [-0.1, -0.05) is 18.2 Å². The number of piperazine rings is 3. The summed E-state index contributed by atoms with van der Waals surface area (Å²) in [5, 5.41) is 0. The summed E-state index contributed by atoms with van der Waals surface area (Å²) in [6, 6.07) is 10.5. The Balaban J connectivity index is 0.000000146. The minimum absolute atomic E-state index is 1.08. The van der Waals surface area contributed by atoms with Crippen molar-refractivity contribution in [3.63, 3.8) is 0 Å². The fourth-order valence-electron chi connectivity index (χ4n) is 2.75. The van der Waals surface area contributed by atoms with Gasteiger partial charge in [0.2, 0.25) is 0 Å². The Hall–Kier alpha value is -1.06. The molecule has 0 amide bonds. The topological polar surface area (TPSA) is 9.72 Å². The lowest BCUT2D eigenvalue weighted by atomic mass is 10.2. The Labute approximate surface area is 117 Å². The monoisotopic (exact) mass is 261 g/mol. The molecule has 3 heteroatoms. The standard InChI is InChI=1S/C10H15N.C6H12N2/c1-3-11(4-2)10-8-6-5-7-9-10;1-2-8-5-3-7(1)4-6-8/h5-9H,3-4H2,1-2H3;1-6H2. The zero-order valence-electron chi connectivity index (χ0n) is 12.4. The lowest BCUT2D eigenvalue weighted by Crippen LogP contribution is -2.55. The second-order valence-corrected chi connectivity index (χ2v) is 5.19. The predicted molar refractivity (Wildman–Crippen MR) is 82.9 cm³/mol. The van der Waals surface area contributed by atoms with Crippen molar-refractivity contribution in [1.29, 1.82) is 0 Å².